The van der Waals surface area contributed by atoms with Crippen LogP contribution in [0.3, 0.4) is 0 Å². The second kappa shape index (κ2) is 5.76. The third-order valence-corrected chi connectivity index (χ3v) is 4.02. The molecule has 2 nitrogen and oxygen atoms in total. The monoisotopic (exact) mass is 205 g/mol. The summed E-state index contributed by atoms with van der Waals surface area (Å²) in [6, 6.07) is 0. The second-order valence-corrected chi connectivity index (χ2v) is 5.92. The highest BCUT2D eigenvalue weighted by molar-refractivity contribution is 7.85. The fraction of sp³-hybridized carbons (Fsp3) is 1.00. The number of nitrogens with two attached hydrogens (primary N) is 1. The largest absolute Gasteiger partial charge is 0.325 e. The van der Waals surface area contributed by atoms with Gasteiger partial charge in [-0.3, -0.25) is 4.21 Å². The van der Waals surface area contributed by atoms with E-state index in [1.54, 1.807) is 0 Å². The van der Waals surface area contributed by atoms with Crippen molar-refractivity contribution in [2.24, 2.45) is 11.7 Å². The predicted molar refractivity (Wildman–Crippen MR) is 60.2 cm³/mol. The van der Waals surface area contributed by atoms with E-state index in [1.165, 1.54) is 0 Å². The molecule has 1 unspecified atom stereocenters. The van der Waals surface area contributed by atoms with Gasteiger partial charge in [0, 0.05) is 27.8 Å². The van der Waals surface area contributed by atoms with Crippen LogP contribution in [0.15, 0.2) is 0 Å². The van der Waals surface area contributed by atoms with Crippen LogP contribution in [0.2, 0.25) is 0 Å². The number of hydrogen-bond acceptors (Lipinski definition) is 2. The fourth-order valence-electron chi connectivity index (χ4n) is 1.26. The normalized spacial score (nSPS) is 14.9. The molecule has 3 heteroatoms. The summed E-state index contributed by atoms with van der Waals surface area (Å²) in [7, 11) is -0.744. The summed E-state index contributed by atoms with van der Waals surface area (Å²) < 4.78 is 11.6. The molecule has 0 aromatic rings. The van der Waals surface area contributed by atoms with Gasteiger partial charge >= 0.3 is 0 Å². The topological polar surface area (TPSA) is 43.1 Å². The van der Waals surface area contributed by atoms with Gasteiger partial charge in [0.25, 0.3) is 0 Å². The molecule has 0 radical (unpaired) electrons. The molecule has 0 heterocycles. The summed E-state index contributed by atoms with van der Waals surface area (Å²) >= 11 is 0. The van der Waals surface area contributed by atoms with E-state index >= 15 is 0 Å². The highest BCUT2D eigenvalue weighted by Gasteiger charge is 2.17. The maximum absolute atomic E-state index is 11.6. The molecule has 0 amide bonds. The Morgan fingerprint density at radius 2 is 1.77 bits per heavy atom. The van der Waals surface area contributed by atoms with E-state index in [-0.39, 0.29) is 5.54 Å². The summed E-state index contributed by atoms with van der Waals surface area (Å²) in [5, 5.41) is 0. The molecule has 2 N–H and O–H groups in total. The first-order valence-corrected chi connectivity index (χ1v) is 6.51. The van der Waals surface area contributed by atoms with E-state index < -0.39 is 10.8 Å². The lowest BCUT2D eigenvalue weighted by Gasteiger charge is -2.19. The average molecular weight is 205 g/mol. The van der Waals surface area contributed by atoms with Crippen molar-refractivity contribution in [1.29, 1.82) is 0 Å². The Kier molecular flexibility index (Phi) is 5.81. The Morgan fingerprint density at radius 1 is 1.31 bits per heavy atom. The lowest BCUT2D eigenvalue weighted by atomic mass is 10.1. The molecule has 1 atom stereocenters. The van der Waals surface area contributed by atoms with Gasteiger partial charge in [-0.2, -0.15) is 0 Å². The minimum absolute atomic E-state index is 0.295. The van der Waals surface area contributed by atoms with Gasteiger partial charge in [-0.05, 0) is 19.8 Å². The summed E-state index contributed by atoms with van der Waals surface area (Å²) in [4.78, 5) is 0. The fourth-order valence-corrected chi connectivity index (χ4v) is 3.21. The van der Waals surface area contributed by atoms with Crippen LogP contribution in [0.25, 0.3) is 0 Å². The van der Waals surface area contributed by atoms with E-state index in [0.717, 1.165) is 18.6 Å². The predicted octanol–water partition coefficient (Wildman–Crippen LogP) is 1.91. The Balaban J connectivity index is 3.86. The first-order chi connectivity index (χ1) is 5.89. The van der Waals surface area contributed by atoms with Crippen molar-refractivity contribution < 1.29 is 4.21 Å². The molecule has 0 fully saturated rings. The van der Waals surface area contributed by atoms with E-state index in [4.69, 9.17) is 5.73 Å². The summed E-state index contributed by atoms with van der Waals surface area (Å²) in [6.45, 7) is 8.16. The van der Waals surface area contributed by atoms with Crippen LogP contribution in [0.5, 0.6) is 0 Å². The average Bonchev–Trinajstić information content (AvgIpc) is 1.96. The smallest absolute Gasteiger partial charge is 0.0410 e. The SMILES string of the molecule is CCC(CC)CS(=O)CC(C)(C)N. The Morgan fingerprint density at radius 3 is 2.08 bits per heavy atom. The minimum atomic E-state index is -0.744. The van der Waals surface area contributed by atoms with Crippen LogP contribution >= 0.6 is 0 Å². The Labute approximate surface area is 84.7 Å². The van der Waals surface area contributed by atoms with Crippen molar-refractivity contribution in [3.63, 3.8) is 0 Å². The van der Waals surface area contributed by atoms with Crippen molar-refractivity contribution in [3.8, 4) is 0 Å². The minimum Gasteiger partial charge on any atom is -0.325 e. The van der Waals surface area contributed by atoms with Gasteiger partial charge < -0.3 is 5.73 Å². The third kappa shape index (κ3) is 7.20. The van der Waals surface area contributed by atoms with Crippen molar-refractivity contribution in [2.75, 3.05) is 11.5 Å². The van der Waals surface area contributed by atoms with Crippen molar-refractivity contribution in [2.45, 2.75) is 46.1 Å². The van der Waals surface area contributed by atoms with Gasteiger partial charge in [-0.15, -0.1) is 0 Å². The van der Waals surface area contributed by atoms with E-state index in [1.807, 2.05) is 13.8 Å². The molecule has 0 spiro atoms. The van der Waals surface area contributed by atoms with Crippen LogP contribution < -0.4 is 5.73 Å². The van der Waals surface area contributed by atoms with Crippen LogP contribution in [0.1, 0.15) is 40.5 Å². The molecular weight excluding hydrogens is 182 g/mol. The van der Waals surface area contributed by atoms with E-state index in [2.05, 4.69) is 13.8 Å². The zero-order chi connectivity index (χ0) is 10.5. The van der Waals surface area contributed by atoms with Gasteiger partial charge in [0.05, 0.1) is 0 Å². The molecule has 0 bridgehead atoms. The third-order valence-electron chi connectivity index (χ3n) is 2.11. The van der Waals surface area contributed by atoms with Crippen molar-refractivity contribution in [3.05, 3.63) is 0 Å². The number of rotatable bonds is 6. The maximum atomic E-state index is 11.6. The van der Waals surface area contributed by atoms with Gasteiger partial charge in [0.15, 0.2) is 0 Å². The van der Waals surface area contributed by atoms with Crippen LogP contribution in [0.4, 0.5) is 0 Å². The van der Waals surface area contributed by atoms with E-state index in [0.29, 0.717) is 11.7 Å². The summed E-state index contributed by atoms with van der Waals surface area (Å²) in [6.07, 6.45) is 2.24. The molecule has 0 aliphatic heterocycles. The quantitative estimate of drug-likeness (QED) is 0.720. The van der Waals surface area contributed by atoms with E-state index in [9.17, 15) is 4.21 Å². The van der Waals surface area contributed by atoms with Crippen molar-refractivity contribution >= 4 is 10.8 Å². The molecule has 0 aliphatic carbocycles. The molecular formula is C10H23NOS. The first kappa shape index (κ1) is 13.1. The molecule has 0 aliphatic rings. The molecule has 0 rings (SSSR count). The molecule has 80 valence electrons. The van der Waals surface area contributed by atoms with Gasteiger partial charge in [-0.1, -0.05) is 26.7 Å². The molecule has 0 aromatic heterocycles. The number of hydrogen-bond donors (Lipinski definition) is 1. The maximum Gasteiger partial charge on any atom is 0.0410 e. The standard InChI is InChI=1S/C10H23NOS/c1-5-9(6-2)7-13(12)8-10(3,4)11/h9H,5-8,11H2,1-4H3. The highest BCUT2D eigenvalue weighted by Crippen LogP contribution is 2.11. The lowest BCUT2D eigenvalue weighted by Crippen LogP contribution is -2.39. The zero-order valence-corrected chi connectivity index (χ0v) is 10.1. The highest BCUT2D eigenvalue weighted by atomic mass is 32.2. The molecule has 0 aromatic carbocycles. The molecule has 0 saturated carbocycles. The van der Waals surface area contributed by atoms with Crippen LogP contribution in [-0.2, 0) is 10.8 Å². The summed E-state index contributed by atoms with van der Waals surface area (Å²) in [5.41, 5.74) is 5.51. The van der Waals surface area contributed by atoms with Gasteiger partial charge in [0.2, 0.25) is 0 Å². The second-order valence-electron chi connectivity index (χ2n) is 4.42. The van der Waals surface area contributed by atoms with Crippen molar-refractivity contribution in [1.82, 2.24) is 0 Å². The zero-order valence-electron chi connectivity index (χ0n) is 9.30. The molecule has 13 heavy (non-hydrogen) atoms. The Bertz CT molecular complexity index is 159. The van der Waals surface area contributed by atoms with Gasteiger partial charge in [-0.25, -0.2) is 0 Å². The van der Waals surface area contributed by atoms with Crippen LogP contribution in [-0.4, -0.2) is 21.3 Å². The van der Waals surface area contributed by atoms with Gasteiger partial charge in [0.1, 0.15) is 0 Å². The van der Waals surface area contributed by atoms with Crippen LogP contribution in [0, 0.1) is 5.92 Å². The lowest BCUT2D eigenvalue weighted by molar-refractivity contribution is 0.535. The Hall–Kier alpha value is 0.110. The molecule has 0 saturated heterocycles. The first-order valence-electron chi connectivity index (χ1n) is 5.03. The summed E-state index contributed by atoms with van der Waals surface area (Å²) in [5.74, 6) is 2.03.